The summed E-state index contributed by atoms with van der Waals surface area (Å²) in [7, 11) is 0. The molecule has 0 unspecified atom stereocenters. The zero-order valence-corrected chi connectivity index (χ0v) is 11.1. The number of thiazole rings is 1. The van der Waals surface area contributed by atoms with Crippen LogP contribution in [0.25, 0.3) is 0 Å². The molecule has 0 saturated heterocycles. The largest absolute Gasteiger partial charge is 0.512 e. The average Bonchev–Trinajstić information content (AvgIpc) is 2.76. The summed E-state index contributed by atoms with van der Waals surface area (Å²) in [5, 5.41) is 6.10. The van der Waals surface area contributed by atoms with Gasteiger partial charge < -0.3 is 12.9 Å². The normalized spacial score (nSPS) is 12.1. The van der Waals surface area contributed by atoms with Crippen LogP contribution in [-0.2, 0) is 0 Å². The van der Waals surface area contributed by atoms with Crippen LogP contribution in [0.15, 0.2) is 28.7 Å². The van der Waals surface area contributed by atoms with Crippen LogP contribution in [0.4, 0.5) is 22.5 Å². The zero-order valence-electron chi connectivity index (χ0n) is 10.3. The Morgan fingerprint density at radius 2 is 2.10 bits per heavy atom. The second kappa shape index (κ2) is 5.62. The van der Waals surface area contributed by atoms with Gasteiger partial charge >= 0.3 is 6.98 Å². The number of rotatable bonds is 4. The molecule has 1 heterocycles. The highest BCUT2D eigenvalue weighted by atomic mass is 32.1. The third kappa shape index (κ3) is 3.56. The number of halogens is 4. The molecule has 106 valence electrons. The Kier molecular flexibility index (Phi) is 4.08. The predicted molar refractivity (Wildman–Crippen MR) is 73.2 cm³/mol. The lowest BCUT2D eigenvalue weighted by Gasteiger charge is -2.16. The minimum absolute atomic E-state index is 0.154. The molecule has 1 aromatic carbocycles. The Morgan fingerprint density at radius 3 is 2.70 bits per heavy atom. The third-order valence-electron chi connectivity index (χ3n) is 2.37. The van der Waals surface area contributed by atoms with E-state index in [2.05, 4.69) is 15.5 Å². The third-order valence-corrected chi connectivity index (χ3v) is 3.23. The van der Waals surface area contributed by atoms with Crippen molar-refractivity contribution in [3.63, 3.8) is 0 Å². The SMILES string of the molecule is Cc1csc(NN=Cc2ccc(F)c([B-](F)(F)F)c2)n1. The van der Waals surface area contributed by atoms with Crippen LogP contribution in [-0.4, -0.2) is 18.2 Å². The molecule has 0 bridgehead atoms. The van der Waals surface area contributed by atoms with Gasteiger partial charge in [-0.25, -0.2) is 9.37 Å². The molecule has 1 N–H and O–H groups in total. The second-order valence-corrected chi connectivity index (χ2v) is 4.88. The smallest absolute Gasteiger partial charge is 0.445 e. The van der Waals surface area contributed by atoms with Gasteiger partial charge in [-0.1, -0.05) is 17.6 Å². The van der Waals surface area contributed by atoms with E-state index in [-0.39, 0.29) is 5.56 Å². The van der Waals surface area contributed by atoms with Gasteiger partial charge in [0, 0.05) is 5.38 Å². The molecular formula is C11H9BF4N3S-. The number of anilines is 1. The van der Waals surface area contributed by atoms with Crippen molar-refractivity contribution in [1.29, 1.82) is 0 Å². The van der Waals surface area contributed by atoms with E-state index in [4.69, 9.17) is 0 Å². The van der Waals surface area contributed by atoms with Crippen LogP contribution in [0, 0.1) is 12.7 Å². The fourth-order valence-corrected chi connectivity index (χ4v) is 2.10. The van der Waals surface area contributed by atoms with Gasteiger partial charge in [0.1, 0.15) is 0 Å². The molecule has 3 nitrogen and oxygen atoms in total. The molecule has 9 heteroatoms. The highest BCUT2D eigenvalue weighted by Gasteiger charge is 2.28. The van der Waals surface area contributed by atoms with E-state index in [1.807, 2.05) is 6.92 Å². The molecule has 0 saturated carbocycles. The summed E-state index contributed by atoms with van der Waals surface area (Å²) < 4.78 is 50.8. The van der Waals surface area contributed by atoms with Crippen molar-refractivity contribution in [2.45, 2.75) is 6.92 Å². The van der Waals surface area contributed by atoms with E-state index >= 15 is 0 Å². The summed E-state index contributed by atoms with van der Waals surface area (Å²) in [6, 6.07) is 2.73. The van der Waals surface area contributed by atoms with Gasteiger partial charge in [-0.15, -0.1) is 11.3 Å². The quantitative estimate of drug-likeness (QED) is 0.408. The van der Waals surface area contributed by atoms with Crippen LogP contribution in [0.3, 0.4) is 0 Å². The lowest BCUT2D eigenvalue weighted by atomic mass is 9.79. The van der Waals surface area contributed by atoms with Crippen molar-refractivity contribution in [2.24, 2.45) is 5.10 Å². The van der Waals surface area contributed by atoms with Gasteiger partial charge in [0.05, 0.1) is 17.7 Å². The number of hydrogen-bond donors (Lipinski definition) is 1. The van der Waals surface area contributed by atoms with Gasteiger partial charge in [0.25, 0.3) is 0 Å². The lowest BCUT2D eigenvalue weighted by molar-refractivity contribution is 0.494. The zero-order chi connectivity index (χ0) is 14.8. The number of aromatic nitrogens is 1. The first-order valence-electron chi connectivity index (χ1n) is 5.57. The summed E-state index contributed by atoms with van der Waals surface area (Å²) in [5.74, 6) is -1.28. The van der Waals surface area contributed by atoms with Crippen molar-refractivity contribution in [3.05, 3.63) is 40.7 Å². The summed E-state index contributed by atoms with van der Waals surface area (Å²) in [6.07, 6.45) is 1.18. The minimum atomic E-state index is -5.38. The number of hydrazone groups is 1. The van der Waals surface area contributed by atoms with Gasteiger partial charge in [0.15, 0.2) is 0 Å². The maximum Gasteiger partial charge on any atom is 0.512 e. The molecule has 20 heavy (non-hydrogen) atoms. The molecule has 0 spiro atoms. The van der Waals surface area contributed by atoms with Gasteiger partial charge in [-0.2, -0.15) is 5.10 Å². The number of benzene rings is 1. The van der Waals surface area contributed by atoms with E-state index in [0.29, 0.717) is 5.13 Å². The second-order valence-electron chi connectivity index (χ2n) is 4.02. The summed E-state index contributed by atoms with van der Waals surface area (Å²) in [6.45, 7) is -3.57. The fourth-order valence-electron chi connectivity index (χ4n) is 1.46. The van der Waals surface area contributed by atoms with Crippen molar-refractivity contribution >= 4 is 35.1 Å². The number of nitrogens with zero attached hydrogens (tertiary/aromatic N) is 2. The average molecular weight is 302 g/mol. The molecule has 0 amide bonds. The van der Waals surface area contributed by atoms with Crippen LogP contribution in [0.5, 0.6) is 0 Å². The van der Waals surface area contributed by atoms with Crippen LogP contribution in [0.1, 0.15) is 11.3 Å². The maximum atomic E-state index is 13.1. The van der Waals surface area contributed by atoms with E-state index in [0.717, 1.165) is 17.8 Å². The fraction of sp³-hybridized carbons (Fsp3) is 0.0909. The van der Waals surface area contributed by atoms with Crippen molar-refractivity contribution in [3.8, 4) is 0 Å². The van der Waals surface area contributed by atoms with Gasteiger partial charge in [0.2, 0.25) is 5.13 Å². The minimum Gasteiger partial charge on any atom is -0.445 e. The molecule has 2 aromatic rings. The number of hydrogen-bond acceptors (Lipinski definition) is 4. The molecule has 0 atom stereocenters. The standard InChI is InChI=1S/C11H9BF4N3S/c1-7-6-20-11(18-7)19-17-5-8-2-3-10(13)9(4-8)12(14,15)16/h2-6H,1H3,(H,18,19)/q-1. The first-order chi connectivity index (χ1) is 9.36. The van der Waals surface area contributed by atoms with Crippen molar-refractivity contribution < 1.29 is 17.3 Å². The lowest BCUT2D eigenvalue weighted by Crippen LogP contribution is -2.37. The molecule has 0 fully saturated rings. The van der Waals surface area contributed by atoms with E-state index in [9.17, 15) is 17.3 Å². The van der Waals surface area contributed by atoms with Gasteiger partial charge in [-0.3, -0.25) is 5.43 Å². The van der Waals surface area contributed by atoms with E-state index in [1.54, 1.807) is 5.38 Å². The monoisotopic (exact) mass is 302 g/mol. The molecule has 0 aliphatic heterocycles. The number of nitrogens with one attached hydrogen (secondary N) is 1. The number of aryl methyl sites for hydroxylation is 1. The Bertz CT molecular complexity index is 639. The van der Waals surface area contributed by atoms with Crippen LogP contribution in [0.2, 0.25) is 0 Å². The summed E-state index contributed by atoms with van der Waals surface area (Å²) in [5.41, 5.74) is 2.31. The molecule has 2 rings (SSSR count). The molecule has 0 radical (unpaired) electrons. The molecule has 1 aromatic heterocycles. The predicted octanol–water partition coefficient (Wildman–Crippen LogP) is 3.09. The van der Waals surface area contributed by atoms with Crippen LogP contribution < -0.4 is 10.9 Å². The Hall–Kier alpha value is -1.90. The Morgan fingerprint density at radius 1 is 1.35 bits per heavy atom. The van der Waals surface area contributed by atoms with E-state index < -0.39 is 18.3 Å². The first kappa shape index (κ1) is 14.5. The van der Waals surface area contributed by atoms with E-state index in [1.165, 1.54) is 23.6 Å². The molecular weight excluding hydrogens is 293 g/mol. The highest BCUT2D eigenvalue weighted by Crippen LogP contribution is 2.14. The summed E-state index contributed by atoms with van der Waals surface area (Å²) >= 11 is 1.32. The Labute approximate surface area is 116 Å². The molecule has 0 aliphatic rings. The summed E-state index contributed by atoms with van der Waals surface area (Å²) in [4.78, 5) is 4.07. The van der Waals surface area contributed by atoms with Crippen molar-refractivity contribution in [1.82, 2.24) is 4.98 Å². The Balaban J connectivity index is 2.13. The van der Waals surface area contributed by atoms with Crippen molar-refractivity contribution in [2.75, 3.05) is 5.43 Å². The first-order valence-corrected chi connectivity index (χ1v) is 6.45. The van der Waals surface area contributed by atoms with Crippen LogP contribution >= 0.6 is 11.3 Å². The maximum absolute atomic E-state index is 13.1. The topological polar surface area (TPSA) is 37.3 Å². The van der Waals surface area contributed by atoms with Gasteiger partial charge in [-0.05, 0) is 18.6 Å². The molecule has 0 aliphatic carbocycles. The highest BCUT2D eigenvalue weighted by molar-refractivity contribution is 7.13.